The van der Waals surface area contributed by atoms with Gasteiger partial charge in [-0.3, -0.25) is 10.1 Å². The molecule has 104 valence electrons. The highest BCUT2D eigenvalue weighted by Crippen LogP contribution is 2.19. The van der Waals surface area contributed by atoms with Gasteiger partial charge in [0.05, 0.1) is 6.61 Å². The van der Waals surface area contributed by atoms with Crippen LogP contribution in [0.1, 0.15) is 6.92 Å². The van der Waals surface area contributed by atoms with E-state index in [1.54, 1.807) is 6.92 Å². The minimum absolute atomic E-state index is 0.0963. The van der Waals surface area contributed by atoms with Gasteiger partial charge >= 0.3 is 6.09 Å². The summed E-state index contributed by atoms with van der Waals surface area (Å²) in [5.41, 5.74) is 4.96. The molecule has 0 aromatic heterocycles. The van der Waals surface area contributed by atoms with Crippen LogP contribution in [-0.2, 0) is 14.3 Å². The average molecular weight is 264 g/mol. The van der Waals surface area contributed by atoms with Gasteiger partial charge in [0.25, 0.3) is 0 Å². The highest BCUT2D eigenvalue weighted by Gasteiger charge is 2.46. The van der Waals surface area contributed by atoms with Crippen LogP contribution in [-0.4, -0.2) is 64.6 Å². The van der Waals surface area contributed by atoms with Gasteiger partial charge in [-0.15, -0.1) is 0 Å². The Morgan fingerprint density at radius 1 is 1.28 bits per heavy atom. The number of hydrogen-bond acceptors (Lipinski definition) is 7. The molecule has 1 heterocycles. The summed E-state index contributed by atoms with van der Waals surface area (Å²) < 4.78 is 9.46. The number of nitrogens with two attached hydrogens (primary N) is 1. The van der Waals surface area contributed by atoms with Gasteiger partial charge in [0, 0.05) is 0 Å². The van der Waals surface area contributed by atoms with E-state index in [0.29, 0.717) is 0 Å². The number of nitrogens with one attached hydrogen (secondary N) is 1. The van der Waals surface area contributed by atoms with Gasteiger partial charge in [-0.25, -0.2) is 4.79 Å². The number of amides is 2. The fourth-order valence-electron chi connectivity index (χ4n) is 1.52. The van der Waals surface area contributed by atoms with Crippen LogP contribution >= 0.6 is 0 Å². The molecule has 1 fully saturated rings. The normalized spacial score (nSPS) is 35.9. The van der Waals surface area contributed by atoms with Crippen LogP contribution in [0.3, 0.4) is 0 Å². The zero-order valence-electron chi connectivity index (χ0n) is 9.65. The van der Waals surface area contributed by atoms with Gasteiger partial charge in [0.2, 0.25) is 5.91 Å². The molecule has 1 saturated heterocycles. The number of aliphatic hydroxyl groups is 3. The zero-order valence-corrected chi connectivity index (χ0v) is 9.65. The molecule has 1 rings (SSSR count). The predicted molar refractivity (Wildman–Crippen MR) is 56.0 cm³/mol. The van der Waals surface area contributed by atoms with Crippen molar-refractivity contribution in [1.82, 2.24) is 5.32 Å². The molecule has 0 bridgehead atoms. The van der Waals surface area contributed by atoms with E-state index >= 15 is 0 Å². The third kappa shape index (κ3) is 3.07. The van der Waals surface area contributed by atoms with Crippen LogP contribution in [0, 0.1) is 0 Å². The minimum Gasteiger partial charge on any atom is -0.450 e. The standard InChI is InChI=1S/C9H16N2O7/c1-2-17-9(16)11-8-5(14)3(12)4(13)6(18-8)7(10)15/h3-6,8,12-14H,2H2,1H3,(H2,10,15)(H,11,16)/t3-,4+,5-,6-,8-/m1/s1. The van der Waals surface area contributed by atoms with Crippen molar-refractivity contribution < 1.29 is 34.4 Å². The van der Waals surface area contributed by atoms with Gasteiger partial charge in [-0.2, -0.15) is 0 Å². The van der Waals surface area contributed by atoms with Crippen LogP contribution in [0.4, 0.5) is 4.79 Å². The molecule has 0 unspecified atom stereocenters. The van der Waals surface area contributed by atoms with E-state index in [2.05, 4.69) is 10.1 Å². The van der Waals surface area contributed by atoms with E-state index in [-0.39, 0.29) is 6.61 Å². The van der Waals surface area contributed by atoms with E-state index in [0.717, 1.165) is 0 Å². The summed E-state index contributed by atoms with van der Waals surface area (Å²) in [6, 6.07) is 0. The minimum atomic E-state index is -1.68. The molecule has 1 aliphatic heterocycles. The summed E-state index contributed by atoms with van der Waals surface area (Å²) in [6.07, 6.45) is -8.79. The first-order chi connectivity index (χ1) is 8.38. The molecule has 9 heteroatoms. The lowest BCUT2D eigenvalue weighted by molar-refractivity contribution is -0.224. The molecule has 0 aromatic carbocycles. The van der Waals surface area contributed by atoms with Crippen molar-refractivity contribution in [2.24, 2.45) is 5.73 Å². The third-order valence-electron chi connectivity index (χ3n) is 2.43. The first-order valence-electron chi connectivity index (χ1n) is 5.30. The second-order valence-corrected chi connectivity index (χ2v) is 3.72. The average Bonchev–Trinajstić information content (AvgIpc) is 2.30. The van der Waals surface area contributed by atoms with Gasteiger partial charge < -0.3 is 30.5 Å². The van der Waals surface area contributed by atoms with Crippen molar-refractivity contribution in [2.75, 3.05) is 6.61 Å². The van der Waals surface area contributed by atoms with Crippen LogP contribution < -0.4 is 11.1 Å². The molecule has 0 saturated carbocycles. The lowest BCUT2D eigenvalue weighted by Gasteiger charge is -2.39. The van der Waals surface area contributed by atoms with Crippen molar-refractivity contribution in [3.05, 3.63) is 0 Å². The first-order valence-corrected chi connectivity index (χ1v) is 5.30. The van der Waals surface area contributed by atoms with Gasteiger partial charge in [0.15, 0.2) is 12.3 Å². The molecule has 0 spiro atoms. The monoisotopic (exact) mass is 264 g/mol. The molecule has 18 heavy (non-hydrogen) atoms. The molecular formula is C9H16N2O7. The Kier molecular flexibility index (Phi) is 4.84. The fourth-order valence-corrected chi connectivity index (χ4v) is 1.52. The Hall–Kier alpha value is -1.42. The van der Waals surface area contributed by atoms with Crippen molar-refractivity contribution in [3.63, 3.8) is 0 Å². The number of carbonyl (C=O) groups excluding carboxylic acids is 2. The number of alkyl carbamates (subject to hydrolysis) is 1. The number of aliphatic hydroxyl groups excluding tert-OH is 3. The second kappa shape index (κ2) is 5.96. The SMILES string of the molecule is CCOC(=O)N[C@@H]1O[C@@H](C(N)=O)[C@@H](O)[C@@H](O)[C@H]1O. The summed E-state index contributed by atoms with van der Waals surface area (Å²) in [7, 11) is 0. The zero-order chi connectivity index (χ0) is 13.9. The molecule has 1 aliphatic rings. The van der Waals surface area contributed by atoms with E-state index in [1.165, 1.54) is 0 Å². The molecule has 2 amide bonds. The number of rotatable bonds is 3. The van der Waals surface area contributed by atoms with Crippen molar-refractivity contribution >= 4 is 12.0 Å². The first kappa shape index (κ1) is 14.6. The van der Waals surface area contributed by atoms with E-state index in [9.17, 15) is 24.9 Å². The fraction of sp³-hybridized carbons (Fsp3) is 0.778. The largest absolute Gasteiger partial charge is 0.450 e. The van der Waals surface area contributed by atoms with Crippen LogP contribution in [0.25, 0.3) is 0 Å². The number of hydrogen-bond donors (Lipinski definition) is 5. The van der Waals surface area contributed by atoms with Crippen molar-refractivity contribution in [1.29, 1.82) is 0 Å². The molecule has 0 aromatic rings. The molecule has 9 nitrogen and oxygen atoms in total. The van der Waals surface area contributed by atoms with E-state index in [1.807, 2.05) is 0 Å². The van der Waals surface area contributed by atoms with Gasteiger partial charge in [0.1, 0.15) is 18.3 Å². The summed E-state index contributed by atoms with van der Waals surface area (Å²) in [4.78, 5) is 22.1. The smallest absolute Gasteiger partial charge is 0.409 e. The molecule has 0 radical (unpaired) electrons. The Labute approximate surface area is 102 Å². The Morgan fingerprint density at radius 3 is 2.39 bits per heavy atom. The second-order valence-electron chi connectivity index (χ2n) is 3.72. The highest BCUT2D eigenvalue weighted by molar-refractivity contribution is 5.80. The Bertz CT molecular complexity index is 324. The summed E-state index contributed by atoms with van der Waals surface area (Å²) in [6.45, 7) is 1.67. The molecule has 0 aliphatic carbocycles. The topological polar surface area (TPSA) is 151 Å². The number of carbonyl (C=O) groups is 2. The van der Waals surface area contributed by atoms with Crippen molar-refractivity contribution in [3.8, 4) is 0 Å². The van der Waals surface area contributed by atoms with Gasteiger partial charge in [-0.1, -0.05) is 0 Å². The van der Waals surface area contributed by atoms with E-state index in [4.69, 9.17) is 10.5 Å². The highest BCUT2D eigenvalue weighted by atomic mass is 16.6. The lowest BCUT2D eigenvalue weighted by Crippen LogP contribution is -2.65. The number of primary amides is 1. The molecule has 5 atom stereocenters. The van der Waals surface area contributed by atoms with Crippen LogP contribution in [0.5, 0.6) is 0 Å². The maximum absolute atomic E-state index is 11.1. The molecular weight excluding hydrogens is 248 g/mol. The number of ether oxygens (including phenoxy) is 2. The van der Waals surface area contributed by atoms with Crippen LogP contribution in [0.15, 0.2) is 0 Å². The summed E-state index contributed by atoms with van der Waals surface area (Å²) >= 11 is 0. The quantitative estimate of drug-likeness (QED) is 0.365. The Balaban J connectivity index is 2.73. The summed E-state index contributed by atoms with van der Waals surface area (Å²) in [5, 5.41) is 30.6. The lowest BCUT2D eigenvalue weighted by atomic mass is 9.98. The van der Waals surface area contributed by atoms with Crippen molar-refractivity contribution in [2.45, 2.75) is 37.6 Å². The van der Waals surface area contributed by atoms with Crippen LogP contribution in [0.2, 0.25) is 0 Å². The maximum Gasteiger partial charge on any atom is 0.409 e. The third-order valence-corrected chi connectivity index (χ3v) is 2.43. The summed E-state index contributed by atoms with van der Waals surface area (Å²) in [5.74, 6) is -1.02. The van der Waals surface area contributed by atoms with E-state index < -0.39 is 42.6 Å². The van der Waals surface area contributed by atoms with Gasteiger partial charge in [-0.05, 0) is 6.92 Å². The maximum atomic E-state index is 11.1. The molecule has 6 N–H and O–H groups in total. The predicted octanol–water partition coefficient (Wildman–Crippen LogP) is -2.97. The Morgan fingerprint density at radius 2 is 1.89 bits per heavy atom.